The second kappa shape index (κ2) is 7.72. The van der Waals surface area contributed by atoms with E-state index in [0.29, 0.717) is 11.0 Å². The number of benzene rings is 1. The van der Waals surface area contributed by atoms with E-state index in [2.05, 4.69) is 43.0 Å². The first-order valence-electron chi connectivity index (χ1n) is 7.35. The summed E-state index contributed by atoms with van der Waals surface area (Å²) >= 11 is 9.22. The van der Waals surface area contributed by atoms with E-state index in [0.717, 1.165) is 15.0 Å². The number of hydrogen-bond donors (Lipinski definition) is 1. The topological polar surface area (TPSA) is 72.7 Å². The molecule has 0 unspecified atom stereocenters. The lowest BCUT2D eigenvalue weighted by Crippen LogP contribution is -2.29. The Labute approximate surface area is 173 Å². The van der Waals surface area contributed by atoms with Gasteiger partial charge in [-0.15, -0.1) is 0 Å². The standard InChI is InChI=1S/C15H10ClF3IN5OS/c1-7(12-22-6-23-25(12)14-21-5-11(20)27-14)24-13(26)8-2-9(15(17,18)19)4-10(16)3-8/h2-7H,1H3,(H,24,26)/t7-/m0/s1. The van der Waals surface area contributed by atoms with E-state index in [1.807, 2.05) is 0 Å². The van der Waals surface area contributed by atoms with Crippen molar-refractivity contribution in [3.05, 3.63) is 55.6 Å². The van der Waals surface area contributed by atoms with Crippen LogP contribution in [0.25, 0.3) is 5.13 Å². The first kappa shape index (κ1) is 20.0. The minimum atomic E-state index is -4.60. The van der Waals surface area contributed by atoms with Crippen LogP contribution in [-0.4, -0.2) is 25.7 Å². The van der Waals surface area contributed by atoms with E-state index in [4.69, 9.17) is 11.6 Å². The van der Waals surface area contributed by atoms with Gasteiger partial charge in [-0.2, -0.15) is 23.0 Å². The number of carbonyl (C=O) groups is 1. The van der Waals surface area contributed by atoms with Crippen LogP contribution in [0.3, 0.4) is 0 Å². The molecular weight excluding hydrogens is 518 g/mol. The molecule has 1 N–H and O–H groups in total. The summed E-state index contributed by atoms with van der Waals surface area (Å²) in [4.78, 5) is 20.7. The summed E-state index contributed by atoms with van der Waals surface area (Å²) in [5, 5.41) is 7.09. The molecule has 27 heavy (non-hydrogen) atoms. The molecule has 1 aromatic carbocycles. The SMILES string of the molecule is C[C@H](NC(=O)c1cc(Cl)cc(C(F)(F)F)c1)c1ncnn1-c1ncc(I)s1. The van der Waals surface area contributed by atoms with Crippen molar-refractivity contribution in [3.8, 4) is 5.13 Å². The Kier molecular flexibility index (Phi) is 5.72. The number of halogens is 5. The van der Waals surface area contributed by atoms with Gasteiger partial charge in [-0.3, -0.25) is 4.79 Å². The van der Waals surface area contributed by atoms with Gasteiger partial charge in [-0.25, -0.2) is 9.97 Å². The first-order chi connectivity index (χ1) is 12.6. The summed E-state index contributed by atoms with van der Waals surface area (Å²) in [5.74, 6) is -0.314. The second-order valence-corrected chi connectivity index (χ2v) is 8.74. The van der Waals surface area contributed by atoms with E-state index in [9.17, 15) is 18.0 Å². The van der Waals surface area contributed by atoms with Gasteiger partial charge in [0.1, 0.15) is 6.33 Å². The van der Waals surface area contributed by atoms with Gasteiger partial charge in [0.25, 0.3) is 5.91 Å². The number of nitrogens with one attached hydrogen (secondary N) is 1. The molecule has 1 amide bonds. The molecule has 3 rings (SSSR count). The zero-order valence-corrected chi connectivity index (χ0v) is 17.2. The third-order valence-electron chi connectivity index (χ3n) is 3.44. The number of thiazole rings is 1. The van der Waals surface area contributed by atoms with E-state index >= 15 is 0 Å². The summed E-state index contributed by atoms with van der Waals surface area (Å²) in [6.45, 7) is 1.65. The molecule has 0 saturated carbocycles. The number of rotatable bonds is 4. The molecular formula is C15H10ClF3IN5OS. The Morgan fingerprint density at radius 1 is 1.33 bits per heavy atom. The molecule has 0 aliphatic rings. The van der Waals surface area contributed by atoms with Crippen molar-refractivity contribution in [2.45, 2.75) is 19.1 Å². The second-order valence-electron chi connectivity index (χ2n) is 5.40. The van der Waals surface area contributed by atoms with Gasteiger partial charge >= 0.3 is 6.18 Å². The van der Waals surface area contributed by atoms with Crippen molar-refractivity contribution in [1.82, 2.24) is 25.1 Å². The number of hydrogen-bond acceptors (Lipinski definition) is 5. The Morgan fingerprint density at radius 3 is 2.70 bits per heavy atom. The summed E-state index contributed by atoms with van der Waals surface area (Å²) in [5.41, 5.74) is -1.19. The van der Waals surface area contributed by atoms with Crippen molar-refractivity contribution in [2.24, 2.45) is 0 Å². The van der Waals surface area contributed by atoms with Crippen LogP contribution in [0.4, 0.5) is 13.2 Å². The van der Waals surface area contributed by atoms with Gasteiger partial charge < -0.3 is 5.32 Å². The zero-order chi connectivity index (χ0) is 19.8. The lowest BCUT2D eigenvalue weighted by molar-refractivity contribution is -0.137. The van der Waals surface area contributed by atoms with Crippen molar-refractivity contribution >= 4 is 51.4 Å². The maximum absolute atomic E-state index is 12.9. The molecule has 0 aliphatic heterocycles. The van der Waals surface area contributed by atoms with Gasteiger partial charge in [-0.1, -0.05) is 22.9 Å². The Balaban J connectivity index is 1.83. The molecule has 12 heteroatoms. The summed E-state index contributed by atoms with van der Waals surface area (Å²) < 4.78 is 41.2. The van der Waals surface area contributed by atoms with Crippen molar-refractivity contribution < 1.29 is 18.0 Å². The highest BCUT2D eigenvalue weighted by Gasteiger charge is 2.32. The van der Waals surface area contributed by atoms with E-state index in [1.165, 1.54) is 28.4 Å². The molecule has 0 fully saturated rings. The van der Waals surface area contributed by atoms with E-state index < -0.39 is 23.7 Å². The normalized spacial score (nSPS) is 12.8. The van der Waals surface area contributed by atoms with Gasteiger partial charge in [0.15, 0.2) is 5.82 Å². The first-order valence-corrected chi connectivity index (χ1v) is 9.62. The molecule has 1 atom stereocenters. The summed E-state index contributed by atoms with van der Waals surface area (Å²) in [6, 6.07) is 2.06. The monoisotopic (exact) mass is 527 g/mol. The van der Waals surface area contributed by atoms with Crippen LogP contribution in [0, 0.1) is 2.88 Å². The van der Waals surface area contributed by atoms with Crippen molar-refractivity contribution in [2.75, 3.05) is 0 Å². The Hall–Kier alpha value is -1.73. The fraction of sp³-hybridized carbons (Fsp3) is 0.200. The van der Waals surface area contributed by atoms with Crippen LogP contribution in [0.2, 0.25) is 5.02 Å². The minimum Gasteiger partial charge on any atom is -0.342 e. The van der Waals surface area contributed by atoms with Gasteiger partial charge in [-0.05, 0) is 47.7 Å². The largest absolute Gasteiger partial charge is 0.416 e. The van der Waals surface area contributed by atoms with E-state index in [-0.39, 0.29) is 10.6 Å². The van der Waals surface area contributed by atoms with Crippen LogP contribution in [0.1, 0.15) is 34.7 Å². The highest BCUT2D eigenvalue weighted by molar-refractivity contribution is 14.1. The number of amides is 1. The molecule has 0 bridgehead atoms. The predicted molar refractivity (Wildman–Crippen MR) is 102 cm³/mol. The molecule has 0 radical (unpaired) electrons. The van der Waals surface area contributed by atoms with Gasteiger partial charge in [0.2, 0.25) is 5.13 Å². The average molecular weight is 528 g/mol. The number of aromatic nitrogens is 4. The Bertz CT molecular complexity index is 990. The predicted octanol–water partition coefficient (Wildman–Crippen LogP) is 4.49. The average Bonchev–Trinajstić information content (AvgIpc) is 3.21. The zero-order valence-electron chi connectivity index (χ0n) is 13.5. The molecule has 2 heterocycles. The smallest absolute Gasteiger partial charge is 0.342 e. The molecule has 3 aromatic rings. The maximum atomic E-state index is 12.9. The van der Waals surface area contributed by atoms with Crippen LogP contribution in [0.5, 0.6) is 0 Å². The minimum absolute atomic E-state index is 0.178. The van der Waals surface area contributed by atoms with Crippen molar-refractivity contribution in [3.63, 3.8) is 0 Å². The molecule has 6 nitrogen and oxygen atoms in total. The third-order valence-corrected chi connectivity index (χ3v) is 5.36. The highest BCUT2D eigenvalue weighted by Crippen LogP contribution is 2.32. The van der Waals surface area contributed by atoms with E-state index in [1.54, 1.807) is 13.1 Å². The highest BCUT2D eigenvalue weighted by atomic mass is 127. The molecule has 142 valence electrons. The quantitative estimate of drug-likeness (QED) is 0.508. The van der Waals surface area contributed by atoms with Crippen LogP contribution < -0.4 is 5.32 Å². The van der Waals surface area contributed by atoms with Gasteiger partial charge in [0.05, 0.1) is 20.7 Å². The lowest BCUT2D eigenvalue weighted by atomic mass is 10.1. The number of alkyl halides is 3. The van der Waals surface area contributed by atoms with Gasteiger partial charge in [0, 0.05) is 10.6 Å². The Morgan fingerprint density at radius 2 is 2.07 bits per heavy atom. The fourth-order valence-corrected chi connectivity index (χ4v) is 3.84. The molecule has 0 spiro atoms. The summed E-state index contributed by atoms with van der Waals surface area (Å²) in [6.07, 6.45) is -1.62. The van der Waals surface area contributed by atoms with Crippen LogP contribution in [-0.2, 0) is 6.18 Å². The number of nitrogens with zero attached hydrogens (tertiary/aromatic N) is 4. The fourth-order valence-electron chi connectivity index (χ4n) is 2.27. The lowest BCUT2D eigenvalue weighted by Gasteiger charge is -2.15. The van der Waals surface area contributed by atoms with Crippen molar-refractivity contribution in [1.29, 1.82) is 0 Å². The summed E-state index contributed by atoms with van der Waals surface area (Å²) in [7, 11) is 0. The molecule has 2 aromatic heterocycles. The molecule has 0 saturated heterocycles. The number of carbonyl (C=O) groups excluding carboxylic acids is 1. The maximum Gasteiger partial charge on any atom is 0.416 e. The van der Waals surface area contributed by atoms with Crippen LogP contribution in [0.15, 0.2) is 30.7 Å². The third kappa shape index (κ3) is 4.58. The molecule has 0 aliphatic carbocycles. The van der Waals surface area contributed by atoms with Crippen LogP contribution >= 0.6 is 45.5 Å².